The molecule has 0 aliphatic rings. The number of hydrogen-bond donors (Lipinski definition) is 0. The summed E-state index contributed by atoms with van der Waals surface area (Å²) in [6.45, 7) is 5.78. The topological polar surface area (TPSA) is 65.7 Å². The molecule has 0 fully saturated rings. The Balaban J connectivity index is 2.73. The molecule has 0 amide bonds. The minimum absolute atomic E-state index is 0.0613. The van der Waals surface area contributed by atoms with Gasteiger partial charge in [-0.1, -0.05) is 6.92 Å². The molecule has 1 atom stereocenters. The van der Waals surface area contributed by atoms with Gasteiger partial charge < -0.3 is 13.9 Å². The zero-order chi connectivity index (χ0) is 14.3. The van der Waals surface area contributed by atoms with Crippen molar-refractivity contribution in [2.24, 2.45) is 5.92 Å². The molecule has 0 aromatic carbocycles. The second-order valence-corrected chi connectivity index (χ2v) is 4.21. The Morgan fingerprint density at radius 1 is 1.21 bits per heavy atom. The molecule has 5 heteroatoms. The van der Waals surface area contributed by atoms with Crippen molar-refractivity contribution in [3.8, 4) is 0 Å². The maximum atomic E-state index is 11.8. The van der Waals surface area contributed by atoms with E-state index >= 15 is 0 Å². The van der Waals surface area contributed by atoms with Crippen molar-refractivity contribution in [2.75, 3.05) is 13.2 Å². The standard InChI is InChI=1S/C14H20O5/c1-4-17-13(15)11(14(16)18-5-2)9-10(3)12-7-6-8-19-12/h6-8,10-11H,4-5,9H2,1-3H3. The molecule has 0 N–H and O–H groups in total. The van der Waals surface area contributed by atoms with Crippen LogP contribution in [0, 0.1) is 5.92 Å². The highest BCUT2D eigenvalue weighted by atomic mass is 16.6. The molecule has 0 spiro atoms. The molecule has 0 radical (unpaired) electrons. The number of rotatable bonds is 7. The Morgan fingerprint density at radius 3 is 2.21 bits per heavy atom. The zero-order valence-electron chi connectivity index (χ0n) is 11.5. The number of ether oxygens (including phenoxy) is 2. The molecule has 0 aliphatic heterocycles. The van der Waals surface area contributed by atoms with Crippen LogP contribution in [0.3, 0.4) is 0 Å². The van der Waals surface area contributed by atoms with Crippen LogP contribution in [0.25, 0.3) is 0 Å². The summed E-state index contributed by atoms with van der Waals surface area (Å²) in [5.41, 5.74) is 0. The Bertz CT molecular complexity index is 378. The van der Waals surface area contributed by atoms with Gasteiger partial charge in [-0.15, -0.1) is 0 Å². The molecule has 0 saturated heterocycles. The molecule has 1 unspecified atom stereocenters. The summed E-state index contributed by atoms with van der Waals surface area (Å²) in [5, 5.41) is 0. The second-order valence-electron chi connectivity index (χ2n) is 4.21. The van der Waals surface area contributed by atoms with E-state index in [1.54, 1.807) is 26.2 Å². The third-order valence-electron chi connectivity index (χ3n) is 2.76. The van der Waals surface area contributed by atoms with Crippen LogP contribution in [0.1, 0.15) is 38.9 Å². The van der Waals surface area contributed by atoms with E-state index in [9.17, 15) is 9.59 Å². The Hall–Kier alpha value is -1.78. The Kier molecular flexibility index (Phi) is 6.12. The van der Waals surface area contributed by atoms with Gasteiger partial charge in [0.1, 0.15) is 5.76 Å². The summed E-state index contributed by atoms with van der Waals surface area (Å²) in [5.74, 6) is -1.31. The largest absolute Gasteiger partial charge is 0.469 e. The van der Waals surface area contributed by atoms with Gasteiger partial charge in [0.15, 0.2) is 5.92 Å². The van der Waals surface area contributed by atoms with Crippen molar-refractivity contribution >= 4 is 11.9 Å². The molecule has 1 aromatic heterocycles. The molecule has 0 saturated carbocycles. The van der Waals surface area contributed by atoms with Crippen molar-refractivity contribution in [3.63, 3.8) is 0 Å². The van der Waals surface area contributed by atoms with Crippen molar-refractivity contribution in [1.82, 2.24) is 0 Å². The van der Waals surface area contributed by atoms with E-state index < -0.39 is 17.9 Å². The number of furan rings is 1. The lowest BCUT2D eigenvalue weighted by atomic mass is 9.94. The first-order valence-corrected chi connectivity index (χ1v) is 6.46. The molecular weight excluding hydrogens is 248 g/mol. The molecule has 106 valence electrons. The maximum absolute atomic E-state index is 11.8. The average Bonchev–Trinajstić information content (AvgIpc) is 2.90. The fraction of sp³-hybridized carbons (Fsp3) is 0.571. The molecule has 0 aliphatic carbocycles. The quantitative estimate of drug-likeness (QED) is 0.561. The predicted molar refractivity (Wildman–Crippen MR) is 68.5 cm³/mol. The van der Waals surface area contributed by atoms with Gasteiger partial charge in [-0.05, 0) is 32.4 Å². The fourth-order valence-electron chi connectivity index (χ4n) is 1.82. The lowest BCUT2D eigenvalue weighted by Crippen LogP contribution is -2.29. The normalized spacial score (nSPS) is 12.2. The smallest absolute Gasteiger partial charge is 0.320 e. The number of hydrogen-bond acceptors (Lipinski definition) is 5. The molecule has 1 heterocycles. The van der Waals surface area contributed by atoms with Gasteiger partial charge in [-0.2, -0.15) is 0 Å². The van der Waals surface area contributed by atoms with Crippen molar-refractivity contribution in [3.05, 3.63) is 24.2 Å². The summed E-state index contributed by atoms with van der Waals surface area (Å²) in [7, 11) is 0. The van der Waals surface area contributed by atoms with E-state index in [0.717, 1.165) is 5.76 Å². The van der Waals surface area contributed by atoms with E-state index in [1.807, 2.05) is 13.0 Å². The highest BCUT2D eigenvalue weighted by Crippen LogP contribution is 2.25. The fourth-order valence-corrected chi connectivity index (χ4v) is 1.82. The van der Waals surface area contributed by atoms with Gasteiger partial charge in [-0.3, -0.25) is 9.59 Å². The van der Waals surface area contributed by atoms with Crippen LogP contribution in [0.4, 0.5) is 0 Å². The lowest BCUT2D eigenvalue weighted by Gasteiger charge is -2.17. The molecule has 1 rings (SSSR count). The molecule has 5 nitrogen and oxygen atoms in total. The minimum atomic E-state index is -0.903. The summed E-state index contributed by atoms with van der Waals surface area (Å²) in [4.78, 5) is 23.6. The van der Waals surface area contributed by atoms with Crippen molar-refractivity contribution in [2.45, 2.75) is 33.1 Å². The molecule has 1 aromatic rings. The van der Waals surface area contributed by atoms with E-state index in [2.05, 4.69) is 0 Å². The average molecular weight is 268 g/mol. The van der Waals surface area contributed by atoms with Gasteiger partial charge in [0, 0.05) is 5.92 Å². The van der Waals surface area contributed by atoms with Crippen molar-refractivity contribution < 1.29 is 23.5 Å². The van der Waals surface area contributed by atoms with Crippen LogP contribution in [0.2, 0.25) is 0 Å². The second kappa shape index (κ2) is 7.61. The van der Waals surface area contributed by atoms with Crippen molar-refractivity contribution in [1.29, 1.82) is 0 Å². The van der Waals surface area contributed by atoms with Crippen LogP contribution in [-0.4, -0.2) is 25.2 Å². The first-order valence-electron chi connectivity index (χ1n) is 6.46. The summed E-state index contributed by atoms with van der Waals surface area (Å²) in [6.07, 6.45) is 1.88. The zero-order valence-corrected chi connectivity index (χ0v) is 11.5. The minimum Gasteiger partial charge on any atom is -0.469 e. The monoisotopic (exact) mass is 268 g/mol. The Morgan fingerprint density at radius 2 is 1.79 bits per heavy atom. The van der Waals surface area contributed by atoms with Gasteiger partial charge in [0.2, 0.25) is 0 Å². The van der Waals surface area contributed by atoms with Gasteiger partial charge in [-0.25, -0.2) is 0 Å². The maximum Gasteiger partial charge on any atom is 0.320 e. The van der Waals surface area contributed by atoms with E-state index in [0.29, 0.717) is 6.42 Å². The van der Waals surface area contributed by atoms with Gasteiger partial charge in [0.25, 0.3) is 0 Å². The number of esters is 2. The summed E-state index contributed by atoms with van der Waals surface area (Å²) in [6, 6.07) is 3.59. The third kappa shape index (κ3) is 4.43. The van der Waals surface area contributed by atoms with E-state index in [4.69, 9.17) is 13.9 Å². The molecule has 0 bridgehead atoms. The first-order chi connectivity index (χ1) is 9.10. The number of carbonyl (C=O) groups excluding carboxylic acids is 2. The first kappa shape index (κ1) is 15.3. The van der Waals surface area contributed by atoms with Gasteiger partial charge in [0.05, 0.1) is 19.5 Å². The van der Waals surface area contributed by atoms with Crippen LogP contribution in [0.5, 0.6) is 0 Å². The number of carbonyl (C=O) groups is 2. The van der Waals surface area contributed by atoms with Gasteiger partial charge >= 0.3 is 11.9 Å². The highest BCUT2D eigenvalue weighted by Gasteiger charge is 2.32. The SMILES string of the molecule is CCOC(=O)C(CC(C)c1ccco1)C(=O)OCC. The van der Waals surface area contributed by atoms with E-state index in [1.165, 1.54) is 0 Å². The van der Waals surface area contributed by atoms with E-state index in [-0.39, 0.29) is 19.1 Å². The van der Waals surface area contributed by atoms with Crippen LogP contribution in [-0.2, 0) is 19.1 Å². The predicted octanol–water partition coefficient (Wildman–Crippen LogP) is 2.52. The van der Waals surface area contributed by atoms with Crippen LogP contribution >= 0.6 is 0 Å². The van der Waals surface area contributed by atoms with Crippen LogP contribution in [0.15, 0.2) is 22.8 Å². The summed E-state index contributed by atoms with van der Waals surface area (Å²) < 4.78 is 15.1. The van der Waals surface area contributed by atoms with Crippen LogP contribution < -0.4 is 0 Å². The molecule has 19 heavy (non-hydrogen) atoms. The molecular formula is C14H20O5. The lowest BCUT2D eigenvalue weighted by molar-refractivity contribution is -0.162. The Labute approximate surface area is 112 Å². The third-order valence-corrected chi connectivity index (χ3v) is 2.76. The summed E-state index contributed by atoms with van der Waals surface area (Å²) >= 11 is 0. The highest BCUT2D eigenvalue weighted by molar-refractivity contribution is 5.94.